The second-order valence-corrected chi connectivity index (χ2v) is 7.34. The standard InChI is InChI=1S/C12H21NO2S2/c1-3-11(13-4-2)7-6-10-17(14,15)12-8-5-9-16-12/h5,8-9,11,13H,3-4,6-7,10H2,1-2H3. The molecule has 5 heteroatoms. The van der Waals surface area contributed by atoms with E-state index in [2.05, 4.69) is 19.2 Å². The normalized spacial score (nSPS) is 13.8. The van der Waals surface area contributed by atoms with Crippen molar-refractivity contribution < 1.29 is 8.42 Å². The quantitative estimate of drug-likeness (QED) is 0.793. The van der Waals surface area contributed by atoms with Crippen LogP contribution in [0.15, 0.2) is 21.7 Å². The molecule has 1 atom stereocenters. The molecule has 0 saturated heterocycles. The summed E-state index contributed by atoms with van der Waals surface area (Å²) in [5.41, 5.74) is 0. The summed E-state index contributed by atoms with van der Waals surface area (Å²) in [5, 5.41) is 5.17. The van der Waals surface area contributed by atoms with Crippen molar-refractivity contribution in [3.63, 3.8) is 0 Å². The number of thiophene rings is 1. The third-order valence-corrected chi connectivity index (χ3v) is 6.04. The number of hydrogen-bond donors (Lipinski definition) is 1. The molecule has 0 spiro atoms. The second kappa shape index (κ2) is 7.13. The van der Waals surface area contributed by atoms with E-state index in [1.807, 2.05) is 0 Å². The first-order valence-corrected chi connectivity index (χ1v) is 8.63. The predicted molar refractivity (Wildman–Crippen MR) is 73.4 cm³/mol. The van der Waals surface area contributed by atoms with Gasteiger partial charge in [0.25, 0.3) is 0 Å². The summed E-state index contributed by atoms with van der Waals surface area (Å²) in [6.07, 6.45) is 2.70. The van der Waals surface area contributed by atoms with Crippen LogP contribution in [0.4, 0.5) is 0 Å². The van der Waals surface area contributed by atoms with Crippen LogP contribution >= 0.6 is 11.3 Å². The molecule has 0 aliphatic heterocycles. The van der Waals surface area contributed by atoms with Crippen molar-refractivity contribution in [1.29, 1.82) is 0 Å². The van der Waals surface area contributed by atoms with E-state index in [-0.39, 0.29) is 5.75 Å². The average Bonchev–Trinajstić information content (AvgIpc) is 2.81. The molecule has 0 amide bonds. The van der Waals surface area contributed by atoms with Gasteiger partial charge in [-0.2, -0.15) is 0 Å². The highest BCUT2D eigenvalue weighted by Gasteiger charge is 2.15. The molecule has 3 nitrogen and oxygen atoms in total. The van der Waals surface area contributed by atoms with Crippen LogP contribution in [0.3, 0.4) is 0 Å². The first kappa shape index (κ1) is 14.7. The van der Waals surface area contributed by atoms with Gasteiger partial charge in [0.2, 0.25) is 0 Å². The fourth-order valence-electron chi connectivity index (χ4n) is 1.80. The predicted octanol–water partition coefficient (Wildman–Crippen LogP) is 2.69. The summed E-state index contributed by atoms with van der Waals surface area (Å²) < 4.78 is 24.3. The van der Waals surface area contributed by atoms with Crippen LogP contribution in [0.2, 0.25) is 0 Å². The molecule has 1 N–H and O–H groups in total. The topological polar surface area (TPSA) is 46.2 Å². The lowest BCUT2D eigenvalue weighted by molar-refractivity contribution is 0.475. The zero-order chi connectivity index (χ0) is 12.7. The summed E-state index contributed by atoms with van der Waals surface area (Å²) in [6.45, 7) is 5.14. The summed E-state index contributed by atoms with van der Waals surface area (Å²) in [6, 6.07) is 3.91. The van der Waals surface area contributed by atoms with Crippen LogP contribution in [0.5, 0.6) is 0 Å². The monoisotopic (exact) mass is 275 g/mol. The van der Waals surface area contributed by atoms with Crippen LogP contribution in [-0.2, 0) is 9.84 Å². The van der Waals surface area contributed by atoms with Crippen molar-refractivity contribution >= 4 is 21.2 Å². The van der Waals surface area contributed by atoms with Crippen molar-refractivity contribution in [3.8, 4) is 0 Å². The smallest absolute Gasteiger partial charge is 0.187 e. The minimum atomic E-state index is -3.05. The average molecular weight is 275 g/mol. The first-order chi connectivity index (χ1) is 8.10. The molecule has 0 fully saturated rings. The maximum absolute atomic E-state index is 11.9. The SMILES string of the molecule is CCNC(CC)CCCS(=O)(=O)c1cccs1. The zero-order valence-corrected chi connectivity index (χ0v) is 12.1. The lowest BCUT2D eigenvalue weighted by Crippen LogP contribution is -2.28. The second-order valence-electron chi connectivity index (χ2n) is 4.06. The Hall–Kier alpha value is -0.390. The van der Waals surface area contributed by atoms with Crippen LogP contribution in [0.1, 0.15) is 33.1 Å². The Labute approximate surface area is 108 Å². The Kier molecular flexibility index (Phi) is 6.16. The van der Waals surface area contributed by atoms with Gasteiger partial charge in [0.1, 0.15) is 4.21 Å². The molecule has 0 aliphatic rings. The molecule has 98 valence electrons. The molecule has 0 aliphatic carbocycles. The molecule has 1 aromatic rings. The van der Waals surface area contributed by atoms with Gasteiger partial charge in [-0.25, -0.2) is 8.42 Å². The maximum Gasteiger partial charge on any atom is 0.187 e. The third-order valence-electron chi connectivity index (χ3n) is 2.75. The Morgan fingerprint density at radius 3 is 2.71 bits per heavy atom. The minimum absolute atomic E-state index is 0.259. The van der Waals surface area contributed by atoms with Gasteiger partial charge in [-0.15, -0.1) is 11.3 Å². The number of sulfone groups is 1. The molecule has 0 aromatic carbocycles. The number of hydrogen-bond acceptors (Lipinski definition) is 4. The van der Waals surface area contributed by atoms with Gasteiger partial charge in [-0.3, -0.25) is 0 Å². The number of nitrogens with one attached hydrogen (secondary N) is 1. The van der Waals surface area contributed by atoms with E-state index < -0.39 is 9.84 Å². The van der Waals surface area contributed by atoms with E-state index in [0.717, 1.165) is 25.8 Å². The van der Waals surface area contributed by atoms with E-state index in [9.17, 15) is 8.42 Å². The van der Waals surface area contributed by atoms with E-state index in [1.165, 1.54) is 11.3 Å². The van der Waals surface area contributed by atoms with Gasteiger partial charge >= 0.3 is 0 Å². The lowest BCUT2D eigenvalue weighted by Gasteiger charge is -2.15. The van der Waals surface area contributed by atoms with Crippen molar-refractivity contribution in [3.05, 3.63) is 17.5 Å². The lowest BCUT2D eigenvalue weighted by atomic mass is 10.1. The summed E-state index contributed by atoms with van der Waals surface area (Å²) >= 11 is 1.30. The van der Waals surface area contributed by atoms with Gasteiger partial charge in [-0.1, -0.05) is 19.9 Å². The van der Waals surface area contributed by atoms with Crippen molar-refractivity contribution in [2.45, 2.75) is 43.4 Å². The van der Waals surface area contributed by atoms with E-state index in [4.69, 9.17) is 0 Å². The van der Waals surface area contributed by atoms with Crippen molar-refractivity contribution in [2.24, 2.45) is 0 Å². The molecule has 1 rings (SSSR count). The molecule has 0 bridgehead atoms. The van der Waals surface area contributed by atoms with Crippen LogP contribution in [0.25, 0.3) is 0 Å². The van der Waals surface area contributed by atoms with Gasteiger partial charge in [0.05, 0.1) is 5.75 Å². The van der Waals surface area contributed by atoms with Crippen LogP contribution in [0, 0.1) is 0 Å². The summed E-state index contributed by atoms with van der Waals surface area (Å²) in [4.78, 5) is 0. The van der Waals surface area contributed by atoms with Gasteiger partial charge in [-0.05, 0) is 37.3 Å². The molecular weight excluding hydrogens is 254 g/mol. The highest BCUT2D eigenvalue weighted by atomic mass is 32.2. The van der Waals surface area contributed by atoms with Gasteiger partial charge in [0.15, 0.2) is 9.84 Å². The molecule has 0 saturated carbocycles. The molecular formula is C12H21NO2S2. The van der Waals surface area contributed by atoms with Crippen LogP contribution in [-0.4, -0.2) is 26.8 Å². The zero-order valence-electron chi connectivity index (χ0n) is 10.5. The highest BCUT2D eigenvalue weighted by molar-refractivity contribution is 7.93. The Balaban J connectivity index is 2.41. The fraction of sp³-hybridized carbons (Fsp3) is 0.667. The largest absolute Gasteiger partial charge is 0.314 e. The van der Waals surface area contributed by atoms with E-state index in [1.54, 1.807) is 17.5 Å². The Morgan fingerprint density at radius 2 is 2.18 bits per heavy atom. The van der Waals surface area contributed by atoms with Crippen LogP contribution < -0.4 is 5.32 Å². The summed E-state index contributed by atoms with van der Waals surface area (Å²) in [5.74, 6) is 0.259. The van der Waals surface area contributed by atoms with Gasteiger partial charge < -0.3 is 5.32 Å². The van der Waals surface area contributed by atoms with Crippen molar-refractivity contribution in [1.82, 2.24) is 5.32 Å². The molecule has 0 radical (unpaired) electrons. The minimum Gasteiger partial charge on any atom is -0.314 e. The molecule has 1 heterocycles. The Morgan fingerprint density at radius 1 is 1.41 bits per heavy atom. The third kappa shape index (κ3) is 4.77. The fourth-order valence-corrected chi connectivity index (χ4v) is 4.29. The molecule has 1 aromatic heterocycles. The van der Waals surface area contributed by atoms with Gasteiger partial charge in [0, 0.05) is 6.04 Å². The Bertz CT molecular complexity index is 398. The maximum atomic E-state index is 11.9. The van der Waals surface area contributed by atoms with E-state index >= 15 is 0 Å². The highest BCUT2D eigenvalue weighted by Crippen LogP contribution is 2.18. The summed E-state index contributed by atoms with van der Waals surface area (Å²) in [7, 11) is -3.05. The molecule has 17 heavy (non-hydrogen) atoms. The first-order valence-electron chi connectivity index (χ1n) is 6.09. The molecule has 1 unspecified atom stereocenters. The van der Waals surface area contributed by atoms with E-state index in [0.29, 0.717) is 10.3 Å². The number of rotatable bonds is 8. The van der Waals surface area contributed by atoms with Crippen molar-refractivity contribution in [2.75, 3.05) is 12.3 Å².